The number of ketones is 1. The zero-order chi connectivity index (χ0) is 12.3. The third-order valence-corrected chi connectivity index (χ3v) is 4.42. The molecule has 0 amide bonds. The zero-order valence-corrected chi connectivity index (χ0v) is 11.9. The van der Waals surface area contributed by atoms with Crippen molar-refractivity contribution in [3.05, 3.63) is 34.9 Å². The van der Waals surface area contributed by atoms with Crippen LogP contribution in [0, 0.1) is 0 Å². The van der Waals surface area contributed by atoms with Gasteiger partial charge in [-0.25, -0.2) is 0 Å². The van der Waals surface area contributed by atoms with Crippen LogP contribution in [-0.2, 0) is 24.1 Å². The van der Waals surface area contributed by atoms with Gasteiger partial charge in [0, 0.05) is 6.42 Å². The first-order valence-corrected chi connectivity index (χ1v) is 7.40. The van der Waals surface area contributed by atoms with Gasteiger partial charge in [0.2, 0.25) is 0 Å². The zero-order valence-electron chi connectivity index (χ0n) is 10.3. The van der Waals surface area contributed by atoms with Gasteiger partial charge >= 0.3 is 0 Å². The summed E-state index contributed by atoms with van der Waals surface area (Å²) >= 11 is 3.52. The second kappa shape index (κ2) is 5.81. The molecular weight excluding hydrogens is 276 g/mol. The molecule has 0 fully saturated rings. The van der Waals surface area contributed by atoms with Gasteiger partial charge in [-0.2, -0.15) is 0 Å². The summed E-state index contributed by atoms with van der Waals surface area (Å²) in [6.45, 7) is 1.93. The van der Waals surface area contributed by atoms with Gasteiger partial charge in [0.25, 0.3) is 0 Å². The normalized spacial score (nSPS) is 16.4. The van der Waals surface area contributed by atoms with Crippen LogP contribution in [0.5, 0.6) is 0 Å². The van der Waals surface area contributed by atoms with Gasteiger partial charge in [0.05, 0.1) is 4.83 Å². The standard InChI is InChI=1S/C15H19BrO/c1-2-15(17)14(16)10-12-8-5-7-11-6-3-4-9-13(11)12/h5,7-8,14H,2-4,6,9-10H2,1H3. The third kappa shape index (κ3) is 2.98. The molecule has 17 heavy (non-hydrogen) atoms. The Hall–Kier alpha value is -0.630. The lowest BCUT2D eigenvalue weighted by molar-refractivity contribution is -0.118. The van der Waals surface area contributed by atoms with Crippen LogP contribution in [0.15, 0.2) is 18.2 Å². The highest BCUT2D eigenvalue weighted by atomic mass is 79.9. The van der Waals surface area contributed by atoms with E-state index in [0.717, 1.165) is 6.42 Å². The summed E-state index contributed by atoms with van der Waals surface area (Å²) in [6.07, 6.45) is 6.45. The molecule has 1 aromatic rings. The van der Waals surface area contributed by atoms with E-state index in [1.807, 2.05) is 6.92 Å². The Morgan fingerprint density at radius 2 is 2.12 bits per heavy atom. The van der Waals surface area contributed by atoms with E-state index in [1.165, 1.54) is 42.4 Å². The number of halogens is 1. The minimum Gasteiger partial charge on any atom is -0.298 e. The van der Waals surface area contributed by atoms with Gasteiger partial charge < -0.3 is 0 Å². The van der Waals surface area contributed by atoms with E-state index in [1.54, 1.807) is 0 Å². The van der Waals surface area contributed by atoms with E-state index in [4.69, 9.17) is 0 Å². The fourth-order valence-electron chi connectivity index (χ4n) is 2.58. The van der Waals surface area contributed by atoms with E-state index in [9.17, 15) is 4.79 Å². The van der Waals surface area contributed by atoms with E-state index in [-0.39, 0.29) is 4.83 Å². The first-order chi connectivity index (χ1) is 8.22. The number of carbonyl (C=O) groups excluding carboxylic acids is 1. The molecular formula is C15H19BrO. The van der Waals surface area contributed by atoms with E-state index < -0.39 is 0 Å². The molecule has 1 unspecified atom stereocenters. The summed E-state index contributed by atoms with van der Waals surface area (Å²) in [7, 11) is 0. The summed E-state index contributed by atoms with van der Waals surface area (Å²) in [5.74, 6) is 0.304. The summed E-state index contributed by atoms with van der Waals surface area (Å²) in [5, 5.41) is 0. The van der Waals surface area contributed by atoms with Crippen LogP contribution in [0.1, 0.15) is 42.9 Å². The molecule has 0 spiro atoms. The van der Waals surface area contributed by atoms with Gasteiger partial charge in [-0.05, 0) is 48.8 Å². The molecule has 2 heteroatoms. The maximum atomic E-state index is 11.6. The number of rotatable bonds is 4. The largest absolute Gasteiger partial charge is 0.298 e. The average molecular weight is 295 g/mol. The lowest BCUT2D eigenvalue weighted by Gasteiger charge is -2.20. The van der Waals surface area contributed by atoms with Gasteiger partial charge in [0.1, 0.15) is 5.78 Å². The first kappa shape index (κ1) is 12.8. The number of hydrogen-bond donors (Lipinski definition) is 0. The number of aryl methyl sites for hydroxylation is 1. The van der Waals surface area contributed by atoms with Crippen molar-refractivity contribution >= 4 is 21.7 Å². The number of benzene rings is 1. The lowest BCUT2D eigenvalue weighted by Crippen LogP contribution is -2.17. The minimum absolute atomic E-state index is 0.0130. The Morgan fingerprint density at radius 3 is 2.88 bits per heavy atom. The Balaban J connectivity index is 2.18. The molecule has 0 heterocycles. The van der Waals surface area contributed by atoms with Crippen LogP contribution in [0.25, 0.3) is 0 Å². The van der Waals surface area contributed by atoms with Crippen molar-refractivity contribution in [1.29, 1.82) is 0 Å². The van der Waals surface area contributed by atoms with Crippen LogP contribution in [0.2, 0.25) is 0 Å². The quantitative estimate of drug-likeness (QED) is 0.771. The van der Waals surface area contributed by atoms with E-state index in [2.05, 4.69) is 34.1 Å². The Bertz CT molecular complexity index is 411. The SMILES string of the molecule is CCC(=O)C(Br)Cc1cccc2c1CCCC2. The second-order valence-corrected chi connectivity index (χ2v) is 5.86. The molecule has 1 aliphatic carbocycles. The molecule has 0 N–H and O–H groups in total. The number of fused-ring (bicyclic) bond motifs is 1. The number of hydrogen-bond acceptors (Lipinski definition) is 1. The van der Waals surface area contributed by atoms with Crippen molar-refractivity contribution in [2.75, 3.05) is 0 Å². The topological polar surface area (TPSA) is 17.1 Å². The van der Waals surface area contributed by atoms with Crippen molar-refractivity contribution in [2.45, 2.75) is 50.3 Å². The molecule has 92 valence electrons. The monoisotopic (exact) mass is 294 g/mol. The molecule has 0 aliphatic heterocycles. The lowest BCUT2D eigenvalue weighted by atomic mass is 9.86. The van der Waals surface area contributed by atoms with E-state index in [0.29, 0.717) is 12.2 Å². The summed E-state index contributed by atoms with van der Waals surface area (Å²) in [5.41, 5.74) is 4.37. The van der Waals surface area contributed by atoms with Gasteiger partial charge in [-0.3, -0.25) is 4.79 Å². The van der Waals surface area contributed by atoms with Crippen molar-refractivity contribution in [2.24, 2.45) is 0 Å². The van der Waals surface area contributed by atoms with Crippen molar-refractivity contribution < 1.29 is 4.79 Å². The molecule has 0 saturated carbocycles. The molecule has 0 aromatic heterocycles. The van der Waals surface area contributed by atoms with E-state index >= 15 is 0 Å². The average Bonchev–Trinajstić information content (AvgIpc) is 2.38. The van der Waals surface area contributed by atoms with Crippen LogP contribution < -0.4 is 0 Å². The van der Waals surface area contributed by atoms with Crippen molar-refractivity contribution in [1.82, 2.24) is 0 Å². The molecule has 1 aliphatic rings. The van der Waals surface area contributed by atoms with Crippen molar-refractivity contribution in [3.8, 4) is 0 Å². The molecule has 1 atom stereocenters. The summed E-state index contributed by atoms with van der Waals surface area (Å²) in [4.78, 5) is 11.6. The number of Topliss-reactive ketones (excluding diaryl/α,β-unsaturated/α-hetero) is 1. The van der Waals surface area contributed by atoms with Crippen LogP contribution in [0.4, 0.5) is 0 Å². The predicted molar refractivity (Wildman–Crippen MR) is 74.8 cm³/mol. The maximum Gasteiger partial charge on any atom is 0.146 e. The number of carbonyl (C=O) groups is 1. The Morgan fingerprint density at radius 1 is 1.35 bits per heavy atom. The molecule has 2 rings (SSSR count). The predicted octanol–water partition coefficient (Wildman–Crippen LogP) is 3.85. The molecule has 1 nitrogen and oxygen atoms in total. The highest BCUT2D eigenvalue weighted by molar-refractivity contribution is 9.10. The smallest absolute Gasteiger partial charge is 0.146 e. The maximum absolute atomic E-state index is 11.6. The Labute approximate surface area is 112 Å². The van der Waals surface area contributed by atoms with Crippen molar-refractivity contribution in [3.63, 3.8) is 0 Å². The molecule has 0 radical (unpaired) electrons. The number of alkyl halides is 1. The van der Waals surface area contributed by atoms with Crippen LogP contribution in [0.3, 0.4) is 0 Å². The van der Waals surface area contributed by atoms with Crippen LogP contribution >= 0.6 is 15.9 Å². The summed E-state index contributed by atoms with van der Waals surface area (Å²) in [6, 6.07) is 6.56. The Kier molecular flexibility index (Phi) is 4.38. The fourth-order valence-corrected chi connectivity index (χ4v) is 3.25. The van der Waals surface area contributed by atoms with Gasteiger partial charge in [-0.15, -0.1) is 0 Å². The fraction of sp³-hybridized carbons (Fsp3) is 0.533. The minimum atomic E-state index is -0.0130. The van der Waals surface area contributed by atoms with Gasteiger partial charge in [0.15, 0.2) is 0 Å². The van der Waals surface area contributed by atoms with Crippen LogP contribution in [-0.4, -0.2) is 10.6 Å². The molecule has 1 aromatic carbocycles. The molecule has 0 saturated heterocycles. The van der Waals surface area contributed by atoms with Gasteiger partial charge in [-0.1, -0.05) is 41.1 Å². The first-order valence-electron chi connectivity index (χ1n) is 6.48. The highest BCUT2D eigenvalue weighted by Crippen LogP contribution is 2.26. The third-order valence-electron chi connectivity index (χ3n) is 3.59. The second-order valence-electron chi connectivity index (χ2n) is 4.75. The summed E-state index contributed by atoms with van der Waals surface area (Å²) < 4.78 is 0. The highest BCUT2D eigenvalue weighted by Gasteiger charge is 2.18. The molecule has 0 bridgehead atoms.